The predicted octanol–water partition coefficient (Wildman–Crippen LogP) is 3.92. The van der Waals surface area contributed by atoms with Crippen molar-refractivity contribution in [3.05, 3.63) is 0 Å². The van der Waals surface area contributed by atoms with Crippen molar-refractivity contribution in [1.29, 1.82) is 0 Å². The normalized spacial score (nSPS) is 45.8. The lowest BCUT2D eigenvalue weighted by molar-refractivity contribution is -0.186. The van der Waals surface area contributed by atoms with Gasteiger partial charge in [0, 0.05) is 17.7 Å². The zero-order chi connectivity index (χ0) is 16.1. The smallest absolute Gasteiger partial charge is 0.302 e. The van der Waals surface area contributed by atoms with E-state index in [0.29, 0.717) is 17.4 Å². The minimum Gasteiger partial charge on any atom is -0.465 e. The molecule has 0 aromatic rings. The van der Waals surface area contributed by atoms with Crippen LogP contribution in [0.1, 0.15) is 60.3 Å². The number of aliphatic hydroxyl groups is 1. The van der Waals surface area contributed by atoms with E-state index in [1.807, 2.05) is 6.92 Å². The van der Waals surface area contributed by atoms with Crippen molar-refractivity contribution in [1.82, 2.24) is 0 Å². The molecule has 0 unspecified atom stereocenters. The number of hydrogen-bond acceptors (Lipinski definition) is 3. The summed E-state index contributed by atoms with van der Waals surface area (Å²) in [7, 11) is 0. The first-order valence-corrected chi connectivity index (χ1v) is 8.93. The quantitative estimate of drug-likeness (QED) is 0.599. The first-order valence-electron chi connectivity index (χ1n) is 8.01. The van der Waals surface area contributed by atoms with E-state index in [-0.39, 0.29) is 22.7 Å². The fraction of sp³-hybridized carbons (Fsp3) is 0.941. The molecule has 0 radical (unpaired) electrons. The Hall–Kier alpha value is -0.0900. The fourth-order valence-corrected chi connectivity index (χ4v) is 5.61. The Morgan fingerprint density at radius 1 is 1.24 bits per heavy atom. The summed E-state index contributed by atoms with van der Waals surface area (Å²) in [4.78, 5) is 11.7. The number of ether oxygens (including phenoxy) is 1. The van der Waals surface area contributed by atoms with Gasteiger partial charge in [0.05, 0.1) is 12.2 Å². The summed E-state index contributed by atoms with van der Waals surface area (Å²) in [6.07, 6.45) is 3.99. The van der Waals surface area contributed by atoms with Gasteiger partial charge in [0.1, 0.15) is 0 Å². The van der Waals surface area contributed by atoms with Gasteiger partial charge in [-0.1, -0.05) is 36.7 Å². The number of esters is 1. The highest BCUT2D eigenvalue weighted by Gasteiger charge is 2.60. The second kappa shape index (κ2) is 5.52. The van der Waals surface area contributed by atoms with Gasteiger partial charge in [0.15, 0.2) is 0 Å². The fourth-order valence-electron chi connectivity index (χ4n) is 5.06. The van der Waals surface area contributed by atoms with E-state index < -0.39 is 5.60 Å². The Morgan fingerprint density at radius 2 is 1.86 bits per heavy atom. The average Bonchev–Trinajstić information content (AvgIpc) is 2.32. The molecule has 0 aromatic carbocycles. The maximum absolute atomic E-state index is 11.2. The molecule has 5 atom stereocenters. The van der Waals surface area contributed by atoms with E-state index >= 15 is 0 Å². The molecule has 0 spiro atoms. The summed E-state index contributed by atoms with van der Waals surface area (Å²) in [5.74, 6) is 0.279. The highest BCUT2D eigenvalue weighted by molar-refractivity contribution is 9.09. The van der Waals surface area contributed by atoms with Crippen LogP contribution in [-0.4, -0.2) is 28.1 Å². The van der Waals surface area contributed by atoms with Gasteiger partial charge < -0.3 is 9.84 Å². The maximum atomic E-state index is 11.2. The zero-order valence-electron chi connectivity index (χ0n) is 13.9. The van der Waals surface area contributed by atoms with E-state index in [0.717, 1.165) is 25.7 Å². The number of hydrogen-bond donors (Lipinski definition) is 1. The number of fused-ring (bicyclic) bond motifs is 1. The molecule has 0 amide bonds. The molecule has 2 aliphatic rings. The predicted molar refractivity (Wildman–Crippen MR) is 87.3 cm³/mol. The Labute approximate surface area is 137 Å². The topological polar surface area (TPSA) is 46.5 Å². The lowest BCUT2D eigenvalue weighted by atomic mass is 9.46. The van der Waals surface area contributed by atoms with Crippen molar-refractivity contribution in [2.75, 3.05) is 6.61 Å². The molecule has 3 nitrogen and oxygen atoms in total. The van der Waals surface area contributed by atoms with E-state index in [9.17, 15) is 9.90 Å². The van der Waals surface area contributed by atoms with Gasteiger partial charge >= 0.3 is 5.97 Å². The maximum Gasteiger partial charge on any atom is 0.302 e. The summed E-state index contributed by atoms with van der Waals surface area (Å²) in [6.45, 7) is 10.6. The van der Waals surface area contributed by atoms with E-state index in [2.05, 4.69) is 36.7 Å². The van der Waals surface area contributed by atoms with E-state index in [1.165, 1.54) is 6.92 Å². The number of carbonyl (C=O) groups excluding carboxylic acids is 1. The summed E-state index contributed by atoms with van der Waals surface area (Å²) in [6, 6.07) is 0. The largest absolute Gasteiger partial charge is 0.465 e. The molecule has 0 aromatic heterocycles. The van der Waals surface area contributed by atoms with Crippen LogP contribution in [0.4, 0.5) is 0 Å². The van der Waals surface area contributed by atoms with Crippen LogP contribution in [0.3, 0.4) is 0 Å². The van der Waals surface area contributed by atoms with Crippen LogP contribution in [0.5, 0.6) is 0 Å². The monoisotopic (exact) mass is 360 g/mol. The van der Waals surface area contributed by atoms with Gasteiger partial charge in [0.2, 0.25) is 0 Å². The molecule has 2 fully saturated rings. The van der Waals surface area contributed by atoms with Crippen molar-refractivity contribution in [2.45, 2.75) is 70.7 Å². The van der Waals surface area contributed by atoms with Crippen molar-refractivity contribution in [3.63, 3.8) is 0 Å². The van der Waals surface area contributed by atoms with Gasteiger partial charge in [-0.25, -0.2) is 0 Å². The first kappa shape index (κ1) is 17.3. The lowest BCUT2D eigenvalue weighted by Crippen LogP contribution is -2.61. The second-order valence-corrected chi connectivity index (χ2v) is 9.24. The molecule has 2 saturated carbocycles. The van der Waals surface area contributed by atoms with Gasteiger partial charge in [-0.15, -0.1) is 0 Å². The summed E-state index contributed by atoms with van der Waals surface area (Å²) in [5, 5.41) is 10.9. The van der Waals surface area contributed by atoms with Crippen LogP contribution >= 0.6 is 15.9 Å². The number of halogens is 1. The van der Waals surface area contributed by atoms with Crippen LogP contribution in [0, 0.1) is 22.7 Å². The van der Waals surface area contributed by atoms with Crippen LogP contribution < -0.4 is 0 Å². The third-order valence-corrected chi connectivity index (χ3v) is 8.01. The number of carbonyl (C=O) groups is 1. The third kappa shape index (κ3) is 2.90. The SMILES string of the molecule is CC(=O)OC[C@@H]1[C@@]2(C)CC[C@H](Br)C(C)(C)[C@@H]2CC[C@@]1(C)O. The van der Waals surface area contributed by atoms with Crippen LogP contribution in [0.2, 0.25) is 0 Å². The van der Waals surface area contributed by atoms with Crippen molar-refractivity contribution in [2.24, 2.45) is 22.7 Å². The van der Waals surface area contributed by atoms with Gasteiger partial charge in [-0.05, 0) is 49.4 Å². The number of rotatable bonds is 2. The van der Waals surface area contributed by atoms with Crippen LogP contribution in [0.15, 0.2) is 0 Å². The molecule has 4 heteroatoms. The van der Waals surface area contributed by atoms with Gasteiger partial charge in [0.25, 0.3) is 0 Å². The molecular weight excluding hydrogens is 332 g/mol. The van der Waals surface area contributed by atoms with Crippen LogP contribution in [-0.2, 0) is 9.53 Å². The Balaban J connectivity index is 2.33. The van der Waals surface area contributed by atoms with Crippen LogP contribution in [0.25, 0.3) is 0 Å². The first-order chi connectivity index (χ1) is 9.52. The van der Waals surface area contributed by atoms with Crippen molar-refractivity contribution < 1.29 is 14.6 Å². The molecule has 0 heterocycles. The molecule has 1 N–H and O–H groups in total. The van der Waals surface area contributed by atoms with Crippen molar-refractivity contribution in [3.8, 4) is 0 Å². The summed E-state index contributed by atoms with van der Waals surface area (Å²) in [5.41, 5.74) is -0.543. The Kier molecular flexibility index (Phi) is 4.54. The highest BCUT2D eigenvalue weighted by Crippen LogP contribution is 2.63. The molecule has 0 aliphatic heterocycles. The standard InChI is InChI=1S/C17H29BrO3/c1-11(19)21-10-13-16(4)8-7-14(18)15(2,3)12(16)6-9-17(13,5)20/h12-14,20H,6-10H2,1-5H3/t12-,13+,14-,16-,17+/m0/s1. The average molecular weight is 361 g/mol. The summed E-state index contributed by atoms with van der Waals surface area (Å²) < 4.78 is 5.32. The lowest BCUT2D eigenvalue weighted by Gasteiger charge is -2.62. The minimum absolute atomic E-state index is 0.00641. The number of alkyl halides is 1. The minimum atomic E-state index is -0.754. The van der Waals surface area contributed by atoms with Gasteiger partial charge in [-0.3, -0.25) is 4.79 Å². The molecule has 122 valence electrons. The molecule has 2 aliphatic carbocycles. The molecule has 0 saturated heterocycles. The summed E-state index contributed by atoms with van der Waals surface area (Å²) >= 11 is 3.86. The van der Waals surface area contributed by atoms with E-state index in [1.54, 1.807) is 0 Å². The molecule has 2 rings (SSSR count). The Morgan fingerprint density at radius 3 is 2.43 bits per heavy atom. The molecule has 0 bridgehead atoms. The molecular formula is C17H29BrO3. The zero-order valence-corrected chi connectivity index (χ0v) is 15.5. The Bertz CT molecular complexity index is 418. The van der Waals surface area contributed by atoms with Crippen molar-refractivity contribution >= 4 is 21.9 Å². The van der Waals surface area contributed by atoms with Gasteiger partial charge in [-0.2, -0.15) is 0 Å². The highest BCUT2D eigenvalue weighted by atomic mass is 79.9. The third-order valence-electron chi connectivity index (χ3n) is 6.38. The van der Waals surface area contributed by atoms with E-state index in [4.69, 9.17) is 4.74 Å². The molecule has 21 heavy (non-hydrogen) atoms. The second-order valence-electron chi connectivity index (χ2n) is 8.14.